The van der Waals surface area contributed by atoms with Crippen molar-refractivity contribution in [3.8, 4) is 0 Å². The zero-order valence-corrected chi connectivity index (χ0v) is 16.7. The number of benzene rings is 2. The normalized spacial score (nSPS) is 14.6. The highest BCUT2D eigenvalue weighted by Crippen LogP contribution is 2.16. The van der Waals surface area contributed by atoms with Crippen molar-refractivity contribution in [1.82, 2.24) is 10.0 Å². The molecule has 1 aliphatic rings. The fraction of sp³-hybridized carbons (Fsp3) is 0.250. The van der Waals surface area contributed by atoms with Gasteiger partial charge < -0.3 is 10.6 Å². The Hall–Kier alpha value is -3.20. The van der Waals surface area contributed by atoms with Gasteiger partial charge in [-0.05, 0) is 43.7 Å². The van der Waals surface area contributed by atoms with Crippen LogP contribution in [0.4, 0.5) is 5.69 Å². The van der Waals surface area contributed by atoms with E-state index in [4.69, 9.17) is 0 Å². The zero-order chi connectivity index (χ0) is 20.9. The van der Waals surface area contributed by atoms with Crippen LogP contribution in [-0.4, -0.2) is 38.7 Å². The molecule has 152 valence electrons. The summed E-state index contributed by atoms with van der Waals surface area (Å²) in [6.45, 7) is 2.16. The molecule has 1 atom stereocenters. The van der Waals surface area contributed by atoms with E-state index in [0.29, 0.717) is 30.1 Å². The average Bonchev–Trinajstić information content (AvgIpc) is 3.21. The smallest absolute Gasteiger partial charge is 0.262 e. The van der Waals surface area contributed by atoms with E-state index in [2.05, 4.69) is 20.3 Å². The molecule has 0 aromatic heterocycles. The standard InChI is InChI=1S/C20H22N4O4S/c1-14(22-20(26)15-7-3-2-4-8-15)19(25)23-16-9-5-10-17(13-16)29(27,28)24-18-11-6-12-21-18/h2-5,7-10,13-14H,6,11-12H2,1H3,(H,21,24)(H,22,26)(H,23,25). The third-order valence-corrected chi connectivity index (χ3v) is 5.69. The van der Waals surface area contributed by atoms with Gasteiger partial charge in [-0.15, -0.1) is 0 Å². The van der Waals surface area contributed by atoms with Crippen molar-refractivity contribution in [2.45, 2.75) is 30.7 Å². The molecule has 0 spiro atoms. The molecule has 8 nitrogen and oxygen atoms in total. The minimum atomic E-state index is -3.78. The maximum Gasteiger partial charge on any atom is 0.262 e. The molecule has 1 aliphatic heterocycles. The molecular formula is C20H22N4O4S. The van der Waals surface area contributed by atoms with Crippen LogP contribution in [0.25, 0.3) is 0 Å². The topological polar surface area (TPSA) is 117 Å². The number of hydrogen-bond acceptors (Lipinski definition) is 5. The lowest BCUT2D eigenvalue weighted by Gasteiger charge is -2.15. The number of aliphatic imine (C=N–C) groups is 1. The second-order valence-electron chi connectivity index (χ2n) is 6.62. The molecule has 1 heterocycles. The van der Waals surface area contributed by atoms with Gasteiger partial charge in [0.15, 0.2) is 0 Å². The minimum absolute atomic E-state index is 0.0193. The Balaban J connectivity index is 1.64. The molecule has 2 aromatic carbocycles. The van der Waals surface area contributed by atoms with Crippen molar-refractivity contribution in [2.75, 3.05) is 11.9 Å². The summed E-state index contributed by atoms with van der Waals surface area (Å²) < 4.78 is 27.5. The maximum atomic E-state index is 12.5. The predicted octanol–water partition coefficient (Wildman–Crippen LogP) is 1.91. The van der Waals surface area contributed by atoms with Crippen molar-refractivity contribution in [3.63, 3.8) is 0 Å². The highest BCUT2D eigenvalue weighted by Gasteiger charge is 2.20. The molecule has 0 fully saturated rings. The van der Waals surface area contributed by atoms with Crippen LogP contribution in [0.2, 0.25) is 0 Å². The Bertz CT molecular complexity index is 1040. The Kier molecular flexibility index (Phi) is 6.28. The minimum Gasteiger partial charge on any atom is -0.341 e. The predicted molar refractivity (Wildman–Crippen MR) is 110 cm³/mol. The Morgan fingerprint density at radius 3 is 2.52 bits per heavy atom. The third-order valence-electron chi connectivity index (χ3n) is 4.32. The van der Waals surface area contributed by atoms with Crippen LogP contribution in [0.5, 0.6) is 0 Å². The molecule has 3 rings (SSSR count). The van der Waals surface area contributed by atoms with E-state index >= 15 is 0 Å². The van der Waals surface area contributed by atoms with E-state index in [1.54, 1.807) is 43.3 Å². The van der Waals surface area contributed by atoms with Gasteiger partial charge in [-0.2, -0.15) is 0 Å². The number of nitrogens with one attached hydrogen (secondary N) is 3. The van der Waals surface area contributed by atoms with Crippen molar-refractivity contribution < 1.29 is 18.0 Å². The van der Waals surface area contributed by atoms with Gasteiger partial charge in [-0.25, -0.2) is 8.42 Å². The van der Waals surface area contributed by atoms with Gasteiger partial charge in [0.2, 0.25) is 5.91 Å². The fourth-order valence-corrected chi connectivity index (χ4v) is 3.90. The number of amidine groups is 1. The summed E-state index contributed by atoms with van der Waals surface area (Å²) in [5.74, 6) is -0.389. The van der Waals surface area contributed by atoms with E-state index in [-0.39, 0.29) is 10.8 Å². The molecule has 2 amide bonds. The fourth-order valence-electron chi connectivity index (χ4n) is 2.76. The maximum absolute atomic E-state index is 12.5. The lowest BCUT2D eigenvalue weighted by Crippen LogP contribution is -2.41. The highest BCUT2D eigenvalue weighted by molar-refractivity contribution is 7.90. The van der Waals surface area contributed by atoms with Crippen LogP contribution in [0.1, 0.15) is 30.1 Å². The van der Waals surface area contributed by atoms with Gasteiger partial charge in [-0.1, -0.05) is 24.3 Å². The van der Waals surface area contributed by atoms with Gasteiger partial charge in [0.05, 0.1) is 4.90 Å². The molecule has 1 unspecified atom stereocenters. The van der Waals surface area contributed by atoms with Crippen molar-refractivity contribution in [1.29, 1.82) is 0 Å². The number of amides is 2. The molecule has 0 saturated carbocycles. The number of nitrogens with zero attached hydrogens (tertiary/aromatic N) is 1. The van der Waals surface area contributed by atoms with Gasteiger partial charge in [0.25, 0.3) is 15.9 Å². The average molecular weight is 414 g/mol. The summed E-state index contributed by atoms with van der Waals surface area (Å²) in [7, 11) is -3.78. The molecular weight excluding hydrogens is 392 g/mol. The van der Waals surface area contributed by atoms with Crippen LogP contribution in [0.15, 0.2) is 64.5 Å². The van der Waals surface area contributed by atoms with Crippen molar-refractivity contribution in [2.24, 2.45) is 4.99 Å². The highest BCUT2D eigenvalue weighted by atomic mass is 32.2. The second kappa shape index (κ2) is 8.87. The van der Waals surface area contributed by atoms with E-state index in [0.717, 1.165) is 6.42 Å². The largest absolute Gasteiger partial charge is 0.341 e. The van der Waals surface area contributed by atoms with Crippen LogP contribution in [-0.2, 0) is 14.8 Å². The zero-order valence-electron chi connectivity index (χ0n) is 15.9. The van der Waals surface area contributed by atoms with Gasteiger partial charge in [0, 0.05) is 24.2 Å². The van der Waals surface area contributed by atoms with E-state index in [1.807, 2.05) is 0 Å². The second-order valence-corrected chi connectivity index (χ2v) is 8.30. The van der Waals surface area contributed by atoms with Crippen LogP contribution >= 0.6 is 0 Å². The summed E-state index contributed by atoms with van der Waals surface area (Å²) in [5.41, 5.74) is 0.758. The summed E-state index contributed by atoms with van der Waals surface area (Å²) in [6.07, 6.45) is 1.41. The molecule has 0 radical (unpaired) electrons. The van der Waals surface area contributed by atoms with Gasteiger partial charge in [-0.3, -0.25) is 19.3 Å². The molecule has 29 heavy (non-hydrogen) atoms. The third kappa shape index (κ3) is 5.41. The molecule has 2 aromatic rings. The quantitative estimate of drug-likeness (QED) is 0.669. The van der Waals surface area contributed by atoms with Gasteiger partial charge in [0.1, 0.15) is 11.9 Å². The molecule has 0 bridgehead atoms. The summed E-state index contributed by atoms with van der Waals surface area (Å²) in [5, 5.41) is 5.24. The Morgan fingerprint density at radius 1 is 1.07 bits per heavy atom. The SMILES string of the molecule is CC(NC(=O)c1ccccc1)C(=O)Nc1cccc(S(=O)(=O)NC2=NCCC2)c1. The number of anilines is 1. The lowest BCUT2D eigenvalue weighted by atomic mass is 10.2. The van der Waals surface area contributed by atoms with Crippen LogP contribution in [0, 0.1) is 0 Å². The molecule has 0 aliphatic carbocycles. The Morgan fingerprint density at radius 2 is 1.83 bits per heavy atom. The van der Waals surface area contributed by atoms with E-state index in [9.17, 15) is 18.0 Å². The van der Waals surface area contributed by atoms with Crippen molar-refractivity contribution in [3.05, 3.63) is 60.2 Å². The number of hydrogen-bond donors (Lipinski definition) is 3. The molecule has 9 heteroatoms. The molecule has 0 saturated heterocycles. The number of sulfonamides is 1. The number of carbonyl (C=O) groups is 2. The van der Waals surface area contributed by atoms with E-state index < -0.39 is 22.0 Å². The lowest BCUT2D eigenvalue weighted by molar-refractivity contribution is -0.117. The Labute approximate surface area is 169 Å². The molecule has 3 N–H and O–H groups in total. The van der Waals surface area contributed by atoms with E-state index in [1.165, 1.54) is 18.2 Å². The first kappa shape index (κ1) is 20.5. The first-order chi connectivity index (χ1) is 13.8. The number of carbonyl (C=O) groups excluding carboxylic acids is 2. The van der Waals surface area contributed by atoms with Crippen LogP contribution < -0.4 is 15.4 Å². The monoisotopic (exact) mass is 414 g/mol. The first-order valence-electron chi connectivity index (χ1n) is 9.18. The van der Waals surface area contributed by atoms with Crippen molar-refractivity contribution >= 4 is 33.4 Å². The van der Waals surface area contributed by atoms with Crippen LogP contribution in [0.3, 0.4) is 0 Å². The van der Waals surface area contributed by atoms with Gasteiger partial charge >= 0.3 is 0 Å². The summed E-state index contributed by atoms with van der Waals surface area (Å²) >= 11 is 0. The summed E-state index contributed by atoms with van der Waals surface area (Å²) in [6, 6.07) is 13.7. The first-order valence-corrected chi connectivity index (χ1v) is 10.7. The number of rotatable bonds is 6. The summed E-state index contributed by atoms with van der Waals surface area (Å²) in [4.78, 5) is 28.7.